The van der Waals surface area contributed by atoms with Gasteiger partial charge in [0, 0.05) is 12.1 Å². The highest BCUT2D eigenvalue weighted by atomic mass is 16.6. The summed E-state index contributed by atoms with van der Waals surface area (Å²) in [5, 5.41) is 17.8. The molecule has 1 saturated heterocycles. The minimum absolute atomic E-state index is 0.0493. The van der Waals surface area contributed by atoms with Crippen molar-refractivity contribution in [2.75, 3.05) is 18.2 Å². The van der Waals surface area contributed by atoms with Crippen LogP contribution in [0.2, 0.25) is 0 Å². The number of aryl methyl sites for hydroxylation is 1. The molecule has 3 aromatic rings. The van der Waals surface area contributed by atoms with Crippen LogP contribution < -0.4 is 5.01 Å². The molecule has 9 nitrogen and oxygen atoms in total. The van der Waals surface area contributed by atoms with E-state index in [2.05, 4.69) is 0 Å². The predicted molar refractivity (Wildman–Crippen MR) is 129 cm³/mol. The predicted octanol–water partition coefficient (Wildman–Crippen LogP) is 4.26. The standard InChI is InChI=1S/C26H22N4O5/c1-17-6-5-7-19(16-17)23-22(18-10-12-21(13-11-18)30(33)34)24(25(31)28-14-15-35-26(28)32)29(27-23)20-8-3-2-4-9-20/h2-13,16,22,24H,14-15H2,1H3/t22-,24+/m1/s1. The van der Waals surface area contributed by atoms with Gasteiger partial charge in [0.2, 0.25) is 0 Å². The number of para-hydroxylation sites is 1. The molecule has 9 heteroatoms. The summed E-state index contributed by atoms with van der Waals surface area (Å²) >= 11 is 0. The molecule has 2 atom stereocenters. The summed E-state index contributed by atoms with van der Waals surface area (Å²) in [7, 11) is 0. The van der Waals surface area contributed by atoms with Gasteiger partial charge in [-0.1, -0.05) is 60.2 Å². The molecule has 0 saturated carbocycles. The number of anilines is 1. The highest BCUT2D eigenvalue weighted by molar-refractivity contribution is 6.13. The Hall–Kier alpha value is -4.53. The number of imide groups is 1. The number of nitro groups is 1. The number of hydrogen-bond donors (Lipinski definition) is 0. The zero-order valence-corrected chi connectivity index (χ0v) is 18.9. The molecule has 2 amide bonds. The first kappa shape index (κ1) is 22.3. The molecule has 0 aliphatic carbocycles. The van der Waals surface area contributed by atoms with E-state index in [0.717, 1.165) is 16.0 Å². The van der Waals surface area contributed by atoms with Crippen LogP contribution in [0, 0.1) is 17.0 Å². The van der Waals surface area contributed by atoms with Crippen molar-refractivity contribution in [1.82, 2.24) is 4.90 Å². The minimum Gasteiger partial charge on any atom is -0.447 e. The van der Waals surface area contributed by atoms with Crippen LogP contribution in [0.1, 0.15) is 22.6 Å². The van der Waals surface area contributed by atoms with Gasteiger partial charge in [-0.25, -0.2) is 9.69 Å². The van der Waals surface area contributed by atoms with E-state index in [1.165, 1.54) is 12.1 Å². The van der Waals surface area contributed by atoms with Gasteiger partial charge in [-0.05, 0) is 30.2 Å². The van der Waals surface area contributed by atoms with Gasteiger partial charge >= 0.3 is 6.09 Å². The average molecular weight is 470 g/mol. The molecule has 0 spiro atoms. The summed E-state index contributed by atoms with van der Waals surface area (Å²) in [6.45, 7) is 2.26. The number of non-ortho nitro benzene ring substituents is 1. The molecule has 176 valence electrons. The summed E-state index contributed by atoms with van der Waals surface area (Å²) in [5.41, 5.74) is 3.81. The van der Waals surface area contributed by atoms with Crippen LogP contribution in [0.25, 0.3) is 0 Å². The van der Waals surface area contributed by atoms with Gasteiger partial charge in [-0.15, -0.1) is 0 Å². The Kier molecular flexibility index (Phi) is 5.74. The van der Waals surface area contributed by atoms with Crippen molar-refractivity contribution in [2.45, 2.75) is 18.9 Å². The van der Waals surface area contributed by atoms with E-state index in [4.69, 9.17) is 9.84 Å². The lowest BCUT2D eigenvalue weighted by Gasteiger charge is -2.29. The topological polar surface area (TPSA) is 105 Å². The lowest BCUT2D eigenvalue weighted by molar-refractivity contribution is -0.384. The summed E-state index contributed by atoms with van der Waals surface area (Å²) in [5.74, 6) is -1.02. The molecule has 5 rings (SSSR count). The van der Waals surface area contributed by atoms with Gasteiger partial charge in [0.15, 0.2) is 0 Å². The third-order valence-corrected chi connectivity index (χ3v) is 6.17. The summed E-state index contributed by atoms with van der Waals surface area (Å²) < 4.78 is 5.03. The molecule has 2 aliphatic heterocycles. The second kappa shape index (κ2) is 9.02. The summed E-state index contributed by atoms with van der Waals surface area (Å²) in [6, 6.07) is 22.3. The number of carbonyl (C=O) groups excluding carboxylic acids is 2. The molecule has 2 aliphatic rings. The first-order valence-corrected chi connectivity index (χ1v) is 11.2. The third-order valence-electron chi connectivity index (χ3n) is 6.17. The van der Waals surface area contributed by atoms with Gasteiger partial charge in [-0.3, -0.25) is 19.9 Å². The number of carbonyl (C=O) groups is 2. The van der Waals surface area contributed by atoms with Crippen LogP contribution in [-0.4, -0.2) is 46.7 Å². The number of amides is 2. The molecule has 3 aromatic carbocycles. The van der Waals surface area contributed by atoms with Crippen molar-refractivity contribution in [2.24, 2.45) is 5.10 Å². The van der Waals surface area contributed by atoms with E-state index in [9.17, 15) is 19.7 Å². The number of hydrazone groups is 1. The number of rotatable bonds is 5. The van der Waals surface area contributed by atoms with E-state index < -0.39 is 28.9 Å². The minimum atomic E-state index is -0.889. The van der Waals surface area contributed by atoms with Crippen molar-refractivity contribution in [3.05, 3.63) is 106 Å². The zero-order chi connectivity index (χ0) is 24.5. The fraction of sp³-hybridized carbons (Fsp3) is 0.192. The Morgan fingerprint density at radius 1 is 1.06 bits per heavy atom. The fourth-order valence-corrected chi connectivity index (χ4v) is 4.52. The van der Waals surface area contributed by atoms with E-state index in [1.54, 1.807) is 17.1 Å². The maximum atomic E-state index is 13.8. The molecule has 35 heavy (non-hydrogen) atoms. The Morgan fingerprint density at radius 3 is 2.43 bits per heavy atom. The monoisotopic (exact) mass is 470 g/mol. The molecule has 1 fully saturated rings. The molecule has 0 radical (unpaired) electrons. The van der Waals surface area contributed by atoms with Gasteiger partial charge in [-0.2, -0.15) is 5.10 Å². The van der Waals surface area contributed by atoms with Crippen molar-refractivity contribution in [3.63, 3.8) is 0 Å². The van der Waals surface area contributed by atoms with Crippen LogP contribution in [0.3, 0.4) is 0 Å². The van der Waals surface area contributed by atoms with Crippen LogP contribution in [0.4, 0.5) is 16.2 Å². The molecule has 0 unspecified atom stereocenters. The number of cyclic esters (lactones) is 1. The molecule has 0 aromatic heterocycles. The van der Waals surface area contributed by atoms with Gasteiger partial charge < -0.3 is 4.74 Å². The maximum Gasteiger partial charge on any atom is 0.416 e. The Labute approximate surface area is 201 Å². The second-order valence-electron chi connectivity index (χ2n) is 8.41. The summed E-state index contributed by atoms with van der Waals surface area (Å²) in [4.78, 5) is 38.1. The highest BCUT2D eigenvalue weighted by Crippen LogP contribution is 2.39. The third kappa shape index (κ3) is 4.12. The molecular formula is C26H22N4O5. The number of hydrogen-bond acceptors (Lipinski definition) is 7. The van der Waals surface area contributed by atoms with Crippen LogP contribution in [0.5, 0.6) is 0 Å². The highest BCUT2D eigenvalue weighted by Gasteiger charge is 2.48. The molecular weight excluding hydrogens is 448 g/mol. The molecule has 2 heterocycles. The fourth-order valence-electron chi connectivity index (χ4n) is 4.52. The Balaban J connectivity index is 1.68. The van der Waals surface area contributed by atoms with Gasteiger partial charge in [0.1, 0.15) is 12.6 Å². The zero-order valence-electron chi connectivity index (χ0n) is 18.9. The van der Waals surface area contributed by atoms with E-state index >= 15 is 0 Å². The van der Waals surface area contributed by atoms with Crippen molar-refractivity contribution >= 4 is 29.1 Å². The molecule has 0 bridgehead atoms. The first-order chi connectivity index (χ1) is 16.9. The average Bonchev–Trinajstić information content (AvgIpc) is 3.48. The molecule has 0 N–H and O–H groups in total. The SMILES string of the molecule is Cc1cccc(C2=NN(c3ccccc3)[C@H](C(=O)N3CCOC3=O)[C@@H]2c2ccc([N+](=O)[O-])cc2)c1. The van der Waals surface area contributed by atoms with Crippen molar-refractivity contribution in [3.8, 4) is 0 Å². The van der Waals surface area contributed by atoms with E-state index in [-0.39, 0.29) is 18.8 Å². The summed E-state index contributed by atoms with van der Waals surface area (Å²) in [6.07, 6.45) is -0.686. The normalized spacial score (nSPS) is 19.5. The van der Waals surface area contributed by atoms with Crippen molar-refractivity contribution in [1.29, 1.82) is 0 Å². The van der Waals surface area contributed by atoms with Crippen LogP contribution in [0.15, 0.2) is 84.0 Å². The Morgan fingerprint density at radius 2 is 1.80 bits per heavy atom. The largest absolute Gasteiger partial charge is 0.447 e. The van der Waals surface area contributed by atoms with E-state index in [0.29, 0.717) is 17.0 Å². The lowest BCUT2D eigenvalue weighted by atomic mass is 9.84. The van der Waals surface area contributed by atoms with Crippen molar-refractivity contribution < 1.29 is 19.2 Å². The van der Waals surface area contributed by atoms with Crippen LogP contribution >= 0.6 is 0 Å². The smallest absolute Gasteiger partial charge is 0.416 e. The van der Waals surface area contributed by atoms with Crippen LogP contribution in [-0.2, 0) is 9.53 Å². The maximum absolute atomic E-state index is 13.8. The number of ether oxygens (including phenoxy) is 1. The number of nitro benzene ring substituents is 1. The Bertz CT molecular complexity index is 1320. The first-order valence-electron chi connectivity index (χ1n) is 11.2. The number of benzene rings is 3. The van der Waals surface area contributed by atoms with E-state index in [1.807, 2.05) is 61.5 Å². The quantitative estimate of drug-likeness (QED) is 0.408. The van der Waals surface area contributed by atoms with Gasteiger partial charge in [0.05, 0.1) is 28.8 Å². The lowest BCUT2D eigenvalue weighted by Crippen LogP contribution is -2.48. The number of nitrogens with zero attached hydrogens (tertiary/aromatic N) is 4. The van der Waals surface area contributed by atoms with Gasteiger partial charge in [0.25, 0.3) is 11.6 Å². The second-order valence-corrected chi connectivity index (χ2v) is 8.41.